The van der Waals surface area contributed by atoms with Crippen LogP contribution in [0.2, 0.25) is 5.28 Å². The molecular formula is C17H18ClN3OS. The molecule has 6 heteroatoms. The van der Waals surface area contributed by atoms with Crippen molar-refractivity contribution in [3.63, 3.8) is 0 Å². The van der Waals surface area contributed by atoms with Gasteiger partial charge in [-0.2, -0.15) is 0 Å². The molecule has 2 heterocycles. The number of benzene rings is 1. The Bertz CT molecular complexity index is 860. The van der Waals surface area contributed by atoms with Crippen LogP contribution >= 0.6 is 22.9 Å². The molecule has 2 N–H and O–H groups in total. The number of anilines is 1. The van der Waals surface area contributed by atoms with Gasteiger partial charge in [0.2, 0.25) is 5.28 Å². The van der Waals surface area contributed by atoms with Gasteiger partial charge in [0.1, 0.15) is 10.6 Å². The molecule has 120 valence electrons. The number of aromatic nitrogens is 2. The van der Waals surface area contributed by atoms with Crippen molar-refractivity contribution >= 4 is 39.0 Å². The monoisotopic (exact) mass is 347 g/mol. The van der Waals surface area contributed by atoms with E-state index in [0.29, 0.717) is 12.4 Å². The minimum Gasteiger partial charge on any atom is -0.392 e. The van der Waals surface area contributed by atoms with Gasteiger partial charge in [0.25, 0.3) is 0 Å². The predicted octanol–water partition coefficient (Wildman–Crippen LogP) is 4.42. The fraction of sp³-hybridized carbons (Fsp3) is 0.294. The minimum absolute atomic E-state index is 0.207. The molecule has 0 bridgehead atoms. The van der Waals surface area contributed by atoms with E-state index in [4.69, 9.17) is 11.6 Å². The summed E-state index contributed by atoms with van der Waals surface area (Å²) < 4.78 is 0. The van der Waals surface area contributed by atoms with Crippen LogP contribution < -0.4 is 5.32 Å². The summed E-state index contributed by atoms with van der Waals surface area (Å²) in [5.74, 6) is 0.662. The highest BCUT2D eigenvalue weighted by Crippen LogP contribution is 2.38. The van der Waals surface area contributed by atoms with E-state index in [-0.39, 0.29) is 5.28 Å². The fourth-order valence-corrected chi connectivity index (χ4v) is 3.58. The average molecular weight is 348 g/mol. The van der Waals surface area contributed by atoms with Crippen molar-refractivity contribution in [3.05, 3.63) is 40.0 Å². The number of hydrogen-bond donors (Lipinski definition) is 2. The Balaban J connectivity index is 2.15. The Morgan fingerprint density at radius 2 is 2.04 bits per heavy atom. The van der Waals surface area contributed by atoms with E-state index in [0.717, 1.165) is 21.3 Å². The van der Waals surface area contributed by atoms with Gasteiger partial charge >= 0.3 is 0 Å². The Hall–Kier alpha value is -1.69. The number of nitrogens with one attached hydrogen (secondary N) is 1. The number of aliphatic hydroxyl groups excluding tert-OH is 1. The van der Waals surface area contributed by atoms with Crippen LogP contribution in [-0.2, 0) is 0 Å². The van der Waals surface area contributed by atoms with Gasteiger partial charge in [0, 0.05) is 17.5 Å². The lowest BCUT2D eigenvalue weighted by atomic mass is 10.0. The maximum Gasteiger partial charge on any atom is 0.225 e. The topological polar surface area (TPSA) is 58.0 Å². The average Bonchev–Trinajstić information content (AvgIpc) is 2.91. The number of nitrogens with zero attached hydrogens (tertiary/aromatic N) is 2. The van der Waals surface area contributed by atoms with Crippen LogP contribution in [0.3, 0.4) is 0 Å². The predicted molar refractivity (Wildman–Crippen MR) is 97.5 cm³/mol. The molecule has 4 nitrogen and oxygen atoms in total. The standard InChI is InChI=1S/C17H18ClN3OS/c1-9-4-5-12(6-10(9)2)13-8-23-16-14(13)15(19-7-11(3)22)20-17(18)21-16/h4-6,8,11,22H,7H2,1-3H3,(H,19,20,21). The lowest BCUT2D eigenvalue weighted by molar-refractivity contribution is 0.208. The van der Waals surface area contributed by atoms with Crippen LogP contribution in [0.15, 0.2) is 23.6 Å². The zero-order chi connectivity index (χ0) is 16.6. The molecule has 1 aromatic carbocycles. The quantitative estimate of drug-likeness (QED) is 0.686. The van der Waals surface area contributed by atoms with Crippen molar-refractivity contribution in [2.45, 2.75) is 26.9 Å². The molecule has 0 spiro atoms. The number of aliphatic hydroxyl groups is 1. The highest BCUT2D eigenvalue weighted by atomic mass is 35.5. The fourth-order valence-electron chi connectivity index (χ4n) is 2.41. The number of fused-ring (bicyclic) bond motifs is 1. The lowest BCUT2D eigenvalue weighted by Gasteiger charge is -2.11. The summed E-state index contributed by atoms with van der Waals surface area (Å²) in [6.45, 7) is 6.34. The van der Waals surface area contributed by atoms with Gasteiger partial charge in [-0.1, -0.05) is 18.2 Å². The first-order valence-corrected chi connectivity index (χ1v) is 8.65. The zero-order valence-corrected chi connectivity index (χ0v) is 14.8. The smallest absolute Gasteiger partial charge is 0.225 e. The van der Waals surface area contributed by atoms with Crippen LogP contribution in [0.4, 0.5) is 5.82 Å². The maximum absolute atomic E-state index is 9.52. The molecule has 3 rings (SSSR count). The van der Waals surface area contributed by atoms with E-state index in [1.807, 2.05) is 0 Å². The Morgan fingerprint density at radius 3 is 2.74 bits per heavy atom. The molecule has 0 aliphatic rings. The molecule has 1 atom stereocenters. The number of halogens is 1. The van der Waals surface area contributed by atoms with Crippen molar-refractivity contribution in [1.82, 2.24) is 9.97 Å². The van der Waals surface area contributed by atoms with Gasteiger partial charge in [-0.3, -0.25) is 0 Å². The highest BCUT2D eigenvalue weighted by Gasteiger charge is 2.15. The molecule has 2 aromatic heterocycles. The molecule has 0 aliphatic carbocycles. The summed E-state index contributed by atoms with van der Waals surface area (Å²) in [5, 5.41) is 15.9. The summed E-state index contributed by atoms with van der Waals surface area (Å²) >= 11 is 7.57. The van der Waals surface area contributed by atoms with Crippen LogP contribution in [-0.4, -0.2) is 27.7 Å². The van der Waals surface area contributed by atoms with E-state index >= 15 is 0 Å². The first-order chi connectivity index (χ1) is 11.0. The van der Waals surface area contributed by atoms with E-state index in [9.17, 15) is 5.11 Å². The van der Waals surface area contributed by atoms with E-state index in [1.54, 1.807) is 18.3 Å². The number of hydrogen-bond acceptors (Lipinski definition) is 5. The lowest BCUT2D eigenvalue weighted by Crippen LogP contribution is -2.16. The number of thiophene rings is 1. The van der Waals surface area contributed by atoms with Crippen molar-refractivity contribution in [2.75, 3.05) is 11.9 Å². The van der Waals surface area contributed by atoms with Crippen molar-refractivity contribution < 1.29 is 5.11 Å². The molecule has 23 heavy (non-hydrogen) atoms. The molecule has 1 unspecified atom stereocenters. The molecule has 3 aromatic rings. The molecule has 0 amide bonds. The summed E-state index contributed by atoms with van der Waals surface area (Å²) in [6, 6.07) is 6.40. The molecule has 0 saturated carbocycles. The van der Waals surface area contributed by atoms with Gasteiger partial charge in [0.15, 0.2) is 0 Å². The second kappa shape index (κ2) is 6.43. The van der Waals surface area contributed by atoms with E-state index < -0.39 is 6.10 Å². The number of rotatable bonds is 4. The second-order valence-corrected chi connectivity index (χ2v) is 6.90. The summed E-state index contributed by atoms with van der Waals surface area (Å²) in [5.41, 5.74) is 4.72. The highest BCUT2D eigenvalue weighted by molar-refractivity contribution is 7.17. The van der Waals surface area contributed by atoms with Gasteiger partial charge in [0.05, 0.1) is 11.5 Å². The van der Waals surface area contributed by atoms with Crippen molar-refractivity contribution in [2.24, 2.45) is 0 Å². The zero-order valence-electron chi connectivity index (χ0n) is 13.2. The third kappa shape index (κ3) is 3.32. The van der Waals surface area contributed by atoms with Crippen molar-refractivity contribution in [3.8, 4) is 11.1 Å². The first kappa shape index (κ1) is 16.2. The minimum atomic E-state index is -0.470. The molecular weight excluding hydrogens is 330 g/mol. The second-order valence-electron chi connectivity index (χ2n) is 5.70. The van der Waals surface area contributed by atoms with Gasteiger partial charge in [-0.15, -0.1) is 11.3 Å². The summed E-state index contributed by atoms with van der Waals surface area (Å²) in [7, 11) is 0. The van der Waals surface area contributed by atoms with E-state index in [1.165, 1.54) is 11.1 Å². The van der Waals surface area contributed by atoms with Gasteiger partial charge in [-0.05, 0) is 49.1 Å². The summed E-state index contributed by atoms with van der Waals surface area (Å²) in [6.07, 6.45) is -0.470. The van der Waals surface area contributed by atoms with Crippen LogP contribution in [0.5, 0.6) is 0 Å². The molecule has 0 fully saturated rings. The molecule has 0 aliphatic heterocycles. The SMILES string of the molecule is Cc1ccc(-c2csc3nc(Cl)nc(NCC(C)O)c23)cc1C. The third-order valence-corrected chi connectivity index (χ3v) is 4.83. The molecule has 0 saturated heterocycles. The Morgan fingerprint density at radius 1 is 1.26 bits per heavy atom. The normalized spacial score (nSPS) is 12.6. The third-order valence-electron chi connectivity index (χ3n) is 3.79. The maximum atomic E-state index is 9.52. The van der Waals surface area contributed by atoms with E-state index in [2.05, 4.69) is 52.7 Å². The Labute approximate surface area is 144 Å². The largest absolute Gasteiger partial charge is 0.392 e. The Kier molecular flexibility index (Phi) is 4.53. The summed E-state index contributed by atoms with van der Waals surface area (Å²) in [4.78, 5) is 9.47. The molecule has 0 radical (unpaired) electrons. The van der Waals surface area contributed by atoms with Gasteiger partial charge < -0.3 is 10.4 Å². The van der Waals surface area contributed by atoms with Gasteiger partial charge in [-0.25, -0.2) is 9.97 Å². The first-order valence-electron chi connectivity index (χ1n) is 7.40. The number of aryl methyl sites for hydroxylation is 2. The van der Waals surface area contributed by atoms with Crippen LogP contribution in [0.25, 0.3) is 21.3 Å². The van der Waals surface area contributed by atoms with Crippen molar-refractivity contribution in [1.29, 1.82) is 0 Å². The van der Waals surface area contributed by atoms with Crippen LogP contribution in [0.1, 0.15) is 18.1 Å². The van der Waals surface area contributed by atoms with Crippen LogP contribution in [0, 0.1) is 13.8 Å².